The molecule has 20 heavy (non-hydrogen) atoms. The minimum atomic E-state index is -0.512. The van der Waals surface area contributed by atoms with Gasteiger partial charge in [0.15, 0.2) is 5.16 Å². The van der Waals surface area contributed by atoms with E-state index in [0.29, 0.717) is 23.0 Å². The molecule has 0 spiro atoms. The maximum Gasteiger partial charge on any atom is 0.343 e. The van der Waals surface area contributed by atoms with E-state index in [0.717, 1.165) is 6.42 Å². The van der Waals surface area contributed by atoms with Crippen LogP contribution in [0.2, 0.25) is 0 Å². The van der Waals surface area contributed by atoms with Gasteiger partial charge in [0.05, 0.1) is 5.56 Å². The van der Waals surface area contributed by atoms with E-state index in [1.165, 1.54) is 22.4 Å². The zero-order chi connectivity index (χ0) is 14.5. The first kappa shape index (κ1) is 14.3. The number of hydrogen-bond acceptors (Lipinski definition) is 4. The fourth-order valence-electron chi connectivity index (χ4n) is 1.75. The third-order valence-corrected chi connectivity index (χ3v) is 3.75. The Morgan fingerprint density at radius 3 is 3.05 bits per heavy atom. The molecule has 0 aliphatic heterocycles. The van der Waals surface area contributed by atoms with Crippen LogP contribution in [0.1, 0.15) is 24.5 Å². The van der Waals surface area contributed by atoms with Crippen LogP contribution >= 0.6 is 11.8 Å². The molecule has 1 N–H and O–H groups in total. The van der Waals surface area contributed by atoms with Crippen molar-refractivity contribution in [3.8, 4) is 6.07 Å². The van der Waals surface area contributed by atoms with E-state index in [2.05, 4.69) is 10.2 Å². The Morgan fingerprint density at radius 2 is 2.35 bits per heavy atom. The summed E-state index contributed by atoms with van der Waals surface area (Å²) < 4.78 is 15.4. The first-order chi connectivity index (χ1) is 9.67. The minimum Gasteiger partial charge on any atom is -0.270 e. The van der Waals surface area contributed by atoms with Gasteiger partial charge >= 0.3 is 5.69 Å². The summed E-state index contributed by atoms with van der Waals surface area (Å²) in [7, 11) is 0. The number of H-pyrrole nitrogens is 1. The van der Waals surface area contributed by atoms with Crippen molar-refractivity contribution in [3.05, 3.63) is 45.6 Å². The van der Waals surface area contributed by atoms with Crippen LogP contribution in [0.25, 0.3) is 0 Å². The van der Waals surface area contributed by atoms with Gasteiger partial charge in [-0.05, 0) is 18.1 Å². The van der Waals surface area contributed by atoms with Crippen LogP contribution in [0, 0.1) is 17.1 Å². The molecule has 0 amide bonds. The summed E-state index contributed by atoms with van der Waals surface area (Å²) in [6.45, 7) is 2.53. The number of thioether (sulfide) groups is 1. The summed E-state index contributed by atoms with van der Waals surface area (Å²) >= 11 is 1.27. The van der Waals surface area contributed by atoms with Crippen molar-refractivity contribution in [2.24, 2.45) is 0 Å². The zero-order valence-corrected chi connectivity index (χ0v) is 11.7. The van der Waals surface area contributed by atoms with Gasteiger partial charge in [0.1, 0.15) is 11.9 Å². The molecule has 0 saturated heterocycles. The van der Waals surface area contributed by atoms with Crippen LogP contribution in [0.3, 0.4) is 0 Å². The molecule has 0 bridgehead atoms. The Balaban J connectivity index is 2.18. The average Bonchev–Trinajstić information content (AvgIpc) is 2.79. The molecule has 0 radical (unpaired) electrons. The number of rotatable bonds is 5. The van der Waals surface area contributed by atoms with E-state index >= 15 is 0 Å². The Hall–Kier alpha value is -2.07. The Morgan fingerprint density at radius 1 is 1.55 bits per heavy atom. The molecule has 5 nitrogen and oxygen atoms in total. The molecule has 0 aliphatic rings. The highest BCUT2D eigenvalue weighted by molar-refractivity contribution is 7.98. The SMILES string of the molecule is CCCn1c(SCc2cccc(C#N)c2F)n[nH]c1=O. The quantitative estimate of drug-likeness (QED) is 0.858. The van der Waals surface area contributed by atoms with E-state index in [1.807, 2.05) is 13.0 Å². The van der Waals surface area contributed by atoms with Gasteiger partial charge in [-0.2, -0.15) is 5.26 Å². The van der Waals surface area contributed by atoms with Crippen molar-refractivity contribution in [3.63, 3.8) is 0 Å². The molecule has 0 saturated carbocycles. The van der Waals surface area contributed by atoms with Crippen LogP contribution in [0.4, 0.5) is 4.39 Å². The number of aromatic amines is 1. The average molecular weight is 292 g/mol. The predicted molar refractivity (Wildman–Crippen MR) is 73.8 cm³/mol. The second kappa shape index (κ2) is 6.39. The summed E-state index contributed by atoms with van der Waals surface area (Å²) in [6, 6.07) is 6.51. The van der Waals surface area contributed by atoms with E-state index in [4.69, 9.17) is 5.26 Å². The molecule has 2 rings (SSSR count). The van der Waals surface area contributed by atoms with Gasteiger partial charge < -0.3 is 0 Å². The second-order valence-electron chi connectivity index (χ2n) is 4.14. The normalized spacial score (nSPS) is 10.4. The lowest BCUT2D eigenvalue weighted by molar-refractivity contribution is 0.602. The Labute approximate surface area is 119 Å². The molecule has 1 aromatic carbocycles. The molecule has 2 aromatic rings. The van der Waals surface area contributed by atoms with Crippen molar-refractivity contribution in [2.45, 2.75) is 30.8 Å². The fraction of sp³-hybridized carbons (Fsp3) is 0.308. The standard InChI is InChI=1S/C13H13FN4OS/c1-2-6-18-12(19)16-17-13(18)20-8-10-5-3-4-9(7-15)11(10)14/h3-5H,2,6,8H2,1H3,(H,16,19). The number of halogens is 1. The lowest BCUT2D eigenvalue weighted by atomic mass is 10.1. The van der Waals surface area contributed by atoms with Gasteiger partial charge in [0, 0.05) is 12.3 Å². The smallest absolute Gasteiger partial charge is 0.270 e. The summed E-state index contributed by atoms with van der Waals surface area (Å²) in [4.78, 5) is 11.5. The number of hydrogen-bond donors (Lipinski definition) is 1. The van der Waals surface area contributed by atoms with Gasteiger partial charge in [0.25, 0.3) is 0 Å². The largest absolute Gasteiger partial charge is 0.343 e. The van der Waals surface area contributed by atoms with Crippen molar-refractivity contribution in [1.29, 1.82) is 5.26 Å². The third-order valence-electron chi connectivity index (χ3n) is 2.73. The van der Waals surface area contributed by atoms with Crippen LogP contribution in [-0.2, 0) is 12.3 Å². The molecule has 0 unspecified atom stereocenters. The number of benzene rings is 1. The van der Waals surface area contributed by atoms with Crippen LogP contribution in [0.5, 0.6) is 0 Å². The number of aromatic nitrogens is 3. The van der Waals surface area contributed by atoms with Crippen molar-refractivity contribution >= 4 is 11.8 Å². The highest BCUT2D eigenvalue weighted by Gasteiger charge is 2.11. The highest BCUT2D eigenvalue weighted by atomic mass is 32.2. The lowest BCUT2D eigenvalue weighted by Gasteiger charge is -2.05. The van der Waals surface area contributed by atoms with Gasteiger partial charge in [-0.25, -0.2) is 14.3 Å². The molecule has 0 aliphatic carbocycles. The summed E-state index contributed by atoms with van der Waals surface area (Å²) in [6.07, 6.45) is 0.811. The van der Waals surface area contributed by atoms with E-state index in [9.17, 15) is 9.18 Å². The van der Waals surface area contributed by atoms with Crippen LogP contribution in [-0.4, -0.2) is 14.8 Å². The molecule has 104 valence electrons. The van der Waals surface area contributed by atoms with E-state index < -0.39 is 5.82 Å². The molecule has 7 heteroatoms. The minimum absolute atomic E-state index is 0.0241. The molecule has 0 atom stereocenters. The van der Waals surface area contributed by atoms with E-state index in [1.54, 1.807) is 12.1 Å². The molecular weight excluding hydrogens is 279 g/mol. The maximum atomic E-state index is 13.9. The maximum absolute atomic E-state index is 13.9. The molecule has 0 fully saturated rings. The monoisotopic (exact) mass is 292 g/mol. The molecule has 1 heterocycles. The zero-order valence-electron chi connectivity index (χ0n) is 10.9. The first-order valence-corrected chi connectivity index (χ1v) is 7.11. The third kappa shape index (κ3) is 2.91. The van der Waals surface area contributed by atoms with Gasteiger partial charge in [-0.15, -0.1) is 5.10 Å². The Bertz CT molecular complexity index is 701. The second-order valence-corrected chi connectivity index (χ2v) is 5.08. The lowest BCUT2D eigenvalue weighted by Crippen LogP contribution is -2.17. The molecular formula is C13H13FN4OS. The molecule has 1 aromatic heterocycles. The van der Waals surface area contributed by atoms with Gasteiger partial charge in [-0.1, -0.05) is 30.8 Å². The number of nitriles is 1. The number of nitrogens with zero attached hydrogens (tertiary/aromatic N) is 3. The predicted octanol–water partition coefficient (Wildman–Crippen LogP) is 2.28. The van der Waals surface area contributed by atoms with Gasteiger partial charge in [-0.3, -0.25) is 4.57 Å². The van der Waals surface area contributed by atoms with Crippen molar-refractivity contribution in [1.82, 2.24) is 14.8 Å². The first-order valence-electron chi connectivity index (χ1n) is 6.12. The van der Waals surface area contributed by atoms with Crippen molar-refractivity contribution < 1.29 is 4.39 Å². The van der Waals surface area contributed by atoms with E-state index in [-0.39, 0.29) is 11.3 Å². The van der Waals surface area contributed by atoms with Crippen LogP contribution < -0.4 is 5.69 Å². The summed E-state index contributed by atoms with van der Waals surface area (Å²) in [5.74, 6) is -0.197. The van der Waals surface area contributed by atoms with Crippen molar-refractivity contribution in [2.75, 3.05) is 0 Å². The summed E-state index contributed by atoms with van der Waals surface area (Å²) in [5.41, 5.74) is 0.184. The number of nitrogens with one attached hydrogen (secondary N) is 1. The van der Waals surface area contributed by atoms with Crippen LogP contribution in [0.15, 0.2) is 28.2 Å². The van der Waals surface area contributed by atoms with Gasteiger partial charge in [0.2, 0.25) is 0 Å². The highest BCUT2D eigenvalue weighted by Crippen LogP contribution is 2.22. The Kier molecular flexibility index (Phi) is 4.58. The topological polar surface area (TPSA) is 74.5 Å². The fourth-order valence-corrected chi connectivity index (χ4v) is 2.70. The summed E-state index contributed by atoms with van der Waals surface area (Å²) in [5, 5.41) is 15.6.